The molecule has 0 amide bonds. The molecular weight excluding hydrogens is 226 g/mol. The molecule has 0 aliphatic heterocycles. The highest BCUT2D eigenvalue weighted by Crippen LogP contribution is 2.16. The Kier molecular flexibility index (Phi) is 5.35. The van der Waals surface area contributed by atoms with Gasteiger partial charge in [-0.3, -0.25) is 4.79 Å². The Morgan fingerprint density at radius 3 is 2.33 bits per heavy atom. The molecule has 0 heterocycles. The monoisotopic (exact) mass is 249 g/mol. The molecule has 0 saturated heterocycles. The van der Waals surface area contributed by atoms with Gasteiger partial charge in [-0.2, -0.15) is 0 Å². The molecule has 1 unspecified atom stereocenters. The maximum absolute atomic E-state index is 10.6. The highest BCUT2D eigenvalue weighted by atomic mass is 16.4. The first kappa shape index (κ1) is 14.7. The van der Waals surface area contributed by atoms with Crippen LogP contribution in [0.1, 0.15) is 35.6 Å². The number of nitrogens with one attached hydrogen (secondary N) is 1. The average Bonchev–Trinajstić information content (AvgIpc) is 2.20. The number of aliphatic carboxylic acids is 1. The minimum atomic E-state index is -0.730. The Morgan fingerprint density at radius 1 is 1.28 bits per heavy atom. The number of aryl methyl sites for hydroxylation is 3. The average molecular weight is 249 g/mol. The lowest BCUT2D eigenvalue weighted by Gasteiger charge is -2.14. The van der Waals surface area contributed by atoms with E-state index in [9.17, 15) is 4.79 Å². The van der Waals surface area contributed by atoms with Crippen molar-refractivity contribution < 1.29 is 9.90 Å². The van der Waals surface area contributed by atoms with Crippen molar-refractivity contribution in [3.63, 3.8) is 0 Å². The number of benzene rings is 1. The first-order chi connectivity index (χ1) is 8.40. The summed E-state index contributed by atoms with van der Waals surface area (Å²) in [7, 11) is 0. The lowest BCUT2D eigenvalue weighted by molar-refractivity contribution is -0.137. The second-order valence-electron chi connectivity index (χ2n) is 5.21. The highest BCUT2D eigenvalue weighted by Gasteiger charge is 2.08. The van der Waals surface area contributed by atoms with Gasteiger partial charge in [0.15, 0.2) is 0 Å². The van der Waals surface area contributed by atoms with Crippen LogP contribution >= 0.6 is 0 Å². The van der Waals surface area contributed by atoms with E-state index >= 15 is 0 Å². The zero-order valence-corrected chi connectivity index (χ0v) is 11.7. The van der Waals surface area contributed by atoms with E-state index in [2.05, 4.69) is 38.2 Å². The van der Waals surface area contributed by atoms with E-state index in [1.807, 2.05) is 6.92 Å². The van der Waals surface area contributed by atoms with Crippen LogP contribution in [-0.2, 0) is 11.3 Å². The fraction of sp³-hybridized carbons (Fsp3) is 0.533. The van der Waals surface area contributed by atoms with E-state index in [1.165, 1.54) is 22.3 Å². The molecule has 100 valence electrons. The smallest absolute Gasteiger partial charge is 0.303 e. The van der Waals surface area contributed by atoms with Gasteiger partial charge in [-0.05, 0) is 49.9 Å². The minimum Gasteiger partial charge on any atom is -0.481 e. The normalized spacial score (nSPS) is 12.4. The first-order valence-electron chi connectivity index (χ1n) is 6.39. The van der Waals surface area contributed by atoms with Crippen molar-refractivity contribution in [1.29, 1.82) is 0 Å². The molecule has 0 bridgehead atoms. The minimum absolute atomic E-state index is 0.161. The predicted octanol–water partition coefficient (Wildman–Crippen LogP) is 2.81. The van der Waals surface area contributed by atoms with E-state index < -0.39 is 5.97 Å². The summed E-state index contributed by atoms with van der Waals surface area (Å²) in [5, 5.41) is 12.0. The lowest BCUT2D eigenvalue weighted by Crippen LogP contribution is -2.23. The Balaban J connectivity index is 2.52. The summed E-state index contributed by atoms with van der Waals surface area (Å²) < 4.78 is 0. The zero-order valence-electron chi connectivity index (χ0n) is 11.7. The molecule has 0 aliphatic rings. The number of hydrogen-bond acceptors (Lipinski definition) is 2. The fourth-order valence-electron chi connectivity index (χ4n) is 2.30. The van der Waals surface area contributed by atoms with Gasteiger partial charge in [0.2, 0.25) is 0 Å². The second kappa shape index (κ2) is 6.55. The van der Waals surface area contributed by atoms with Crippen LogP contribution < -0.4 is 5.32 Å². The molecule has 1 aromatic carbocycles. The first-order valence-corrected chi connectivity index (χ1v) is 6.39. The molecule has 0 saturated carbocycles. The van der Waals surface area contributed by atoms with E-state index in [0.717, 1.165) is 13.1 Å². The summed E-state index contributed by atoms with van der Waals surface area (Å²) >= 11 is 0. The van der Waals surface area contributed by atoms with Gasteiger partial charge in [0.05, 0.1) is 0 Å². The van der Waals surface area contributed by atoms with Crippen LogP contribution in [0.5, 0.6) is 0 Å². The van der Waals surface area contributed by atoms with Crippen LogP contribution in [-0.4, -0.2) is 17.6 Å². The Morgan fingerprint density at radius 2 is 1.83 bits per heavy atom. The molecule has 1 atom stereocenters. The Bertz CT molecular complexity index is 403. The number of hydrogen-bond donors (Lipinski definition) is 2. The van der Waals surface area contributed by atoms with Gasteiger partial charge < -0.3 is 10.4 Å². The van der Waals surface area contributed by atoms with Gasteiger partial charge in [0, 0.05) is 13.0 Å². The van der Waals surface area contributed by atoms with Gasteiger partial charge in [0.1, 0.15) is 0 Å². The molecule has 0 aromatic heterocycles. The molecule has 1 rings (SSSR count). The molecule has 0 aliphatic carbocycles. The largest absolute Gasteiger partial charge is 0.481 e. The lowest BCUT2D eigenvalue weighted by atomic mass is 9.99. The SMILES string of the molecule is Cc1cc(C)c(CNCC(C)CC(=O)O)c(C)c1. The van der Waals surface area contributed by atoms with Crippen LogP contribution in [0, 0.1) is 26.7 Å². The van der Waals surface area contributed by atoms with Crippen LogP contribution in [0.25, 0.3) is 0 Å². The Labute approximate surface area is 109 Å². The topological polar surface area (TPSA) is 49.3 Å². The Hall–Kier alpha value is -1.35. The van der Waals surface area contributed by atoms with Gasteiger partial charge in [-0.25, -0.2) is 0 Å². The van der Waals surface area contributed by atoms with Gasteiger partial charge >= 0.3 is 5.97 Å². The van der Waals surface area contributed by atoms with E-state index in [-0.39, 0.29) is 12.3 Å². The predicted molar refractivity (Wildman–Crippen MR) is 73.8 cm³/mol. The molecular formula is C15H23NO2. The highest BCUT2D eigenvalue weighted by molar-refractivity contribution is 5.66. The van der Waals surface area contributed by atoms with Crippen LogP contribution in [0.15, 0.2) is 12.1 Å². The van der Waals surface area contributed by atoms with E-state index in [4.69, 9.17) is 5.11 Å². The third kappa shape index (κ3) is 4.49. The summed E-state index contributed by atoms with van der Waals surface area (Å²) in [6.45, 7) is 9.85. The zero-order chi connectivity index (χ0) is 13.7. The van der Waals surface area contributed by atoms with Crippen molar-refractivity contribution in [2.24, 2.45) is 5.92 Å². The molecule has 0 fully saturated rings. The third-order valence-electron chi connectivity index (χ3n) is 3.16. The molecule has 3 heteroatoms. The van der Waals surface area contributed by atoms with Crippen LogP contribution in [0.4, 0.5) is 0 Å². The number of rotatable bonds is 6. The quantitative estimate of drug-likeness (QED) is 0.815. The van der Waals surface area contributed by atoms with Crippen molar-refractivity contribution in [1.82, 2.24) is 5.32 Å². The molecule has 3 nitrogen and oxygen atoms in total. The number of carbonyl (C=O) groups is 1. The second-order valence-corrected chi connectivity index (χ2v) is 5.21. The molecule has 0 spiro atoms. The third-order valence-corrected chi connectivity index (χ3v) is 3.16. The van der Waals surface area contributed by atoms with Crippen molar-refractivity contribution in [3.8, 4) is 0 Å². The molecule has 1 aromatic rings. The van der Waals surface area contributed by atoms with Gasteiger partial charge in [0.25, 0.3) is 0 Å². The van der Waals surface area contributed by atoms with E-state index in [1.54, 1.807) is 0 Å². The van der Waals surface area contributed by atoms with Crippen molar-refractivity contribution in [2.45, 2.75) is 40.7 Å². The summed E-state index contributed by atoms with van der Waals surface area (Å²) in [6.07, 6.45) is 0.221. The summed E-state index contributed by atoms with van der Waals surface area (Å²) in [4.78, 5) is 10.6. The van der Waals surface area contributed by atoms with Gasteiger partial charge in [-0.1, -0.05) is 24.6 Å². The number of carboxylic acids is 1. The van der Waals surface area contributed by atoms with E-state index in [0.29, 0.717) is 0 Å². The van der Waals surface area contributed by atoms with Gasteiger partial charge in [-0.15, -0.1) is 0 Å². The van der Waals surface area contributed by atoms with Crippen molar-refractivity contribution in [2.75, 3.05) is 6.54 Å². The summed E-state index contributed by atoms with van der Waals surface area (Å²) in [5.74, 6) is -0.569. The van der Waals surface area contributed by atoms with Crippen LogP contribution in [0.2, 0.25) is 0 Å². The maximum Gasteiger partial charge on any atom is 0.303 e. The standard InChI is InChI=1S/C15H23NO2/c1-10-5-12(3)14(13(4)6-10)9-16-8-11(2)7-15(17)18/h5-6,11,16H,7-9H2,1-4H3,(H,17,18). The number of carboxylic acid groups (broad SMARTS) is 1. The summed E-state index contributed by atoms with van der Waals surface area (Å²) in [6, 6.07) is 4.37. The molecule has 0 radical (unpaired) electrons. The molecule has 2 N–H and O–H groups in total. The fourth-order valence-corrected chi connectivity index (χ4v) is 2.30. The molecule has 18 heavy (non-hydrogen) atoms. The van der Waals surface area contributed by atoms with Crippen molar-refractivity contribution >= 4 is 5.97 Å². The van der Waals surface area contributed by atoms with Crippen LogP contribution in [0.3, 0.4) is 0 Å². The summed E-state index contributed by atoms with van der Waals surface area (Å²) in [5.41, 5.74) is 5.20. The van der Waals surface area contributed by atoms with Crippen molar-refractivity contribution in [3.05, 3.63) is 34.4 Å². The maximum atomic E-state index is 10.6.